The van der Waals surface area contributed by atoms with Gasteiger partial charge in [0.1, 0.15) is 5.15 Å². The molecule has 1 saturated heterocycles. The predicted octanol–water partition coefficient (Wildman–Crippen LogP) is 33.1. The van der Waals surface area contributed by atoms with Crippen LogP contribution in [0, 0.1) is 0 Å². The second-order valence-electron chi connectivity index (χ2n) is 34.6. The number of nitrogens with two attached hydrogens (primary N) is 1. The second-order valence-corrected chi connectivity index (χ2v) is 37.7. The molecule has 23 aromatic rings. The van der Waals surface area contributed by atoms with Crippen LogP contribution < -0.4 is 16.5 Å². The number of nitrogens with one attached hydrogen (secondary N) is 1. The maximum absolute atomic E-state index is 12.8. The molecule has 16 aromatic carbocycles. The van der Waals surface area contributed by atoms with Gasteiger partial charge in [0.2, 0.25) is 0 Å². The topological polar surface area (TPSA) is 164 Å². The number of hydrogen-bond acceptors (Lipinski definition) is 11. The first-order valence-electron chi connectivity index (χ1n) is 45.7. The Kier molecular flexibility index (Phi) is 28.4. The number of para-hydroxylation sites is 3. The molecule has 18 heteroatoms. The minimum absolute atomic E-state index is 0.145. The summed E-state index contributed by atoms with van der Waals surface area (Å²) in [6.45, 7) is 8.28. The molecule has 8 heterocycles. The van der Waals surface area contributed by atoms with Crippen LogP contribution in [-0.2, 0) is 9.31 Å². The molecule has 1 aliphatic heterocycles. The van der Waals surface area contributed by atoms with Gasteiger partial charge in [-0.15, -0.1) is 0 Å². The molecule has 1 aliphatic rings. The number of hydrogen-bond donors (Lipinski definition) is 2. The molecule has 12 nitrogen and oxygen atoms in total. The van der Waals surface area contributed by atoms with E-state index in [1.807, 2.05) is 243 Å². The lowest BCUT2D eigenvalue weighted by Crippen LogP contribution is -2.41. The monoisotopic (exact) mass is 2000 g/mol. The number of nitrogens with zero attached hydrogens (tertiary/aromatic N) is 7. The number of carbonyl (C=O) groups is 1. The smallest absolute Gasteiger partial charge is 0.399 e. The number of rotatable bonds is 11. The highest BCUT2D eigenvalue weighted by Gasteiger charge is 2.52. The number of benzene rings is 16. The summed E-state index contributed by atoms with van der Waals surface area (Å²) in [6.07, 6.45) is 0. The van der Waals surface area contributed by atoms with Crippen molar-refractivity contribution in [3.63, 3.8) is 0 Å². The number of fused-ring (bicyclic) bond motifs is 10. The number of halogens is 5. The van der Waals surface area contributed by atoms with E-state index in [0.717, 1.165) is 202 Å². The molecule has 24 rings (SSSR count). The van der Waals surface area contributed by atoms with Crippen LogP contribution in [0.1, 0.15) is 38.1 Å². The molecule has 0 bridgehead atoms. The minimum Gasteiger partial charge on any atom is -0.399 e. The fourth-order valence-electron chi connectivity index (χ4n) is 16.8. The second kappa shape index (κ2) is 42.4. The van der Waals surface area contributed by atoms with Gasteiger partial charge in [-0.05, 0) is 225 Å². The number of anilines is 2. The SMILES string of the molecule is Brc1cccc(-c2nc3ccccc3c3ccc4nc(-c5ccccc5)ccc4c23)c1.CC1(C)OB(c2ccc3nc(-c4ccccc4)ccc3c2)OC1(C)C.Clc1ccc2nc(-c3ccccc3)ccc2c1.Clc1ccc2nc(Cl)ccc2c1.Nc1ccccc1-c1ccc2nc(-c3ccccc3)ccc2c1.O=C(Nc1ccccc1-c1ccc2nc(-c3ccccc3)ccc2c1)c1cccc(Br)c1. The molecule has 678 valence electrons. The van der Waals surface area contributed by atoms with Crippen molar-refractivity contribution in [2.24, 2.45) is 0 Å². The molecule has 0 unspecified atom stereocenters. The zero-order valence-electron chi connectivity index (χ0n) is 76.6. The Morgan fingerprint density at radius 2 is 0.679 bits per heavy atom. The number of nitrogen functional groups attached to an aromatic ring is 1. The average Bonchev–Trinajstić information content (AvgIpc) is 0.878. The molecule has 7 aromatic heterocycles. The third-order valence-corrected chi connectivity index (χ3v) is 26.4. The van der Waals surface area contributed by atoms with Gasteiger partial charge in [-0.25, -0.2) is 34.9 Å². The average molecular weight is 2010 g/mol. The summed E-state index contributed by atoms with van der Waals surface area (Å²) in [5.41, 5.74) is 32.0. The van der Waals surface area contributed by atoms with Crippen LogP contribution in [0.3, 0.4) is 0 Å². The first-order valence-corrected chi connectivity index (χ1v) is 48.4. The van der Waals surface area contributed by atoms with Gasteiger partial charge in [-0.1, -0.05) is 346 Å². The van der Waals surface area contributed by atoms with E-state index in [4.69, 9.17) is 74.8 Å². The van der Waals surface area contributed by atoms with E-state index in [0.29, 0.717) is 15.7 Å². The highest BCUT2D eigenvalue weighted by molar-refractivity contribution is 9.10. The Morgan fingerprint density at radius 3 is 1.19 bits per heavy atom. The molecular weight excluding hydrogens is 1920 g/mol. The van der Waals surface area contributed by atoms with Crippen LogP contribution in [0.4, 0.5) is 11.4 Å². The van der Waals surface area contributed by atoms with Crippen LogP contribution in [0.5, 0.6) is 0 Å². The highest BCUT2D eigenvalue weighted by atomic mass is 79.9. The van der Waals surface area contributed by atoms with Crippen molar-refractivity contribution < 1.29 is 14.1 Å². The summed E-state index contributed by atoms with van der Waals surface area (Å²) in [4.78, 5) is 46.0. The number of amides is 1. The maximum Gasteiger partial charge on any atom is 0.494 e. The van der Waals surface area contributed by atoms with Gasteiger partial charge in [-0.3, -0.25) is 4.79 Å². The third kappa shape index (κ3) is 21.8. The summed E-state index contributed by atoms with van der Waals surface area (Å²) >= 11 is 24.5. The summed E-state index contributed by atoms with van der Waals surface area (Å²) in [5, 5.41) is 15.0. The van der Waals surface area contributed by atoms with Crippen molar-refractivity contribution in [1.29, 1.82) is 0 Å². The van der Waals surface area contributed by atoms with Crippen molar-refractivity contribution in [2.75, 3.05) is 11.1 Å². The van der Waals surface area contributed by atoms with E-state index in [-0.39, 0.29) is 24.2 Å². The summed E-state index contributed by atoms with van der Waals surface area (Å²) in [5.74, 6) is -0.145. The van der Waals surface area contributed by atoms with Crippen LogP contribution >= 0.6 is 66.7 Å². The van der Waals surface area contributed by atoms with E-state index in [9.17, 15) is 4.79 Å². The van der Waals surface area contributed by atoms with Crippen molar-refractivity contribution >= 4 is 184 Å². The van der Waals surface area contributed by atoms with Crippen molar-refractivity contribution in [3.8, 4) is 89.8 Å². The van der Waals surface area contributed by atoms with Gasteiger partial charge < -0.3 is 20.4 Å². The number of aromatic nitrogens is 7. The van der Waals surface area contributed by atoms with Crippen LogP contribution in [-0.4, -0.2) is 59.1 Å². The van der Waals surface area contributed by atoms with E-state index in [1.165, 1.54) is 5.39 Å². The maximum atomic E-state index is 12.8. The predicted molar refractivity (Wildman–Crippen MR) is 592 cm³/mol. The first kappa shape index (κ1) is 93.7. The van der Waals surface area contributed by atoms with Crippen LogP contribution in [0.15, 0.2) is 458 Å². The fraction of sp³-hybridized carbons (Fsp3) is 0.0492. The first-order chi connectivity index (χ1) is 68.2. The Morgan fingerprint density at radius 1 is 0.300 bits per heavy atom. The Bertz CT molecular complexity index is 8440. The fourth-order valence-corrected chi connectivity index (χ4v) is 18.1. The van der Waals surface area contributed by atoms with E-state index in [1.54, 1.807) is 18.2 Å². The van der Waals surface area contributed by atoms with Crippen LogP contribution in [0.25, 0.3) is 177 Å². The Labute approximate surface area is 844 Å². The molecule has 1 amide bonds. The van der Waals surface area contributed by atoms with Gasteiger partial charge >= 0.3 is 7.12 Å². The quantitative estimate of drug-likeness (QED) is 0.0548. The number of pyridine rings is 7. The molecule has 0 aliphatic carbocycles. The summed E-state index contributed by atoms with van der Waals surface area (Å²) in [7, 11) is -0.344. The van der Waals surface area contributed by atoms with E-state index < -0.39 is 0 Å². The van der Waals surface area contributed by atoms with Gasteiger partial charge in [-0.2, -0.15) is 0 Å². The molecule has 0 atom stereocenters. The largest absolute Gasteiger partial charge is 0.494 e. The standard InChI is InChI=1S/C28H19BrN2O.C28H17BrN2.C21H22BNO2.C21H16N2.C15H10ClN.C9H5Cl2N/c29-23-10-6-9-22(18-23)28(32)31-27-12-5-4-11-24(27)20-13-15-26-21(17-20)14-16-25(30-26)19-7-2-1-3-8-19;29-20-10-6-9-19(17-20)28-27-22(21-11-4-5-12-25(21)31-28)13-16-26-23(27)14-15-24(30-26)18-7-2-1-3-8-18;1-20(2)21(3,4)25-22(24-20)17-11-13-19-16(14-17)10-12-18(23-19)15-8-6-5-7-9-15;22-19-9-5-4-8-18(19)16-10-12-21-17(14-16)11-13-20(23-21)15-6-2-1-3-7-15;16-13-7-9-15-12(10-13)6-8-14(17-15)11-4-2-1-3-5-11;10-7-2-3-8-6(5-7)1-4-9(11)12-8/h1-18H,(H,31,32);1-17H;5-14H,1-4H3;1-14H,22H2;1-10H;1-5H. The van der Waals surface area contributed by atoms with Crippen molar-refractivity contribution in [1.82, 2.24) is 34.9 Å². The minimum atomic E-state index is -0.344. The van der Waals surface area contributed by atoms with E-state index in [2.05, 4.69) is 263 Å². The summed E-state index contributed by atoms with van der Waals surface area (Å²) < 4.78 is 14.2. The van der Waals surface area contributed by atoms with Gasteiger partial charge in [0.05, 0.1) is 84.0 Å². The molecule has 0 radical (unpaired) electrons. The Hall–Kier alpha value is -15.3. The van der Waals surface area contributed by atoms with Crippen molar-refractivity contribution in [3.05, 3.63) is 479 Å². The van der Waals surface area contributed by atoms with Crippen molar-refractivity contribution in [2.45, 2.75) is 38.9 Å². The lowest BCUT2D eigenvalue weighted by Gasteiger charge is -2.32. The lowest BCUT2D eigenvalue weighted by molar-refractivity contribution is 0.00578. The Balaban J connectivity index is 0.000000109. The van der Waals surface area contributed by atoms with Gasteiger partial charge in [0.15, 0.2) is 0 Å². The van der Waals surface area contributed by atoms with E-state index >= 15 is 0 Å². The van der Waals surface area contributed by atoms with Gasteiger partial charge in [0.25, 0.3) is 5.91 Å². The molecule has 140 heavy (non-hydrogen) atoms. The molecule has 0 saturated carbocycles. The number of carbonyl (C=O) groups excluding carboxylic acids is 1. The normalized spacial score (nSPS) is 12.3. The van der Waals surface area contributed by atoms with Crippen LogP contribution in [0.2, 0.25) is 15.2 Å². The molecule has 0 spiro atoms. The molecule has 1 fully saturated rings. The zero-order valence-corrected chi connectivity index (χ0v) is 82.1. The molecule has 3 N–H and O–H groups in total. The molecular formula is C122H89BBr2Cl3N9O3. The summed E-state index contributed by atoms with van der Waals surface area (Å²) in [6, 6.07) is 150. The highest BCUT2D eigenvalue weighted by Crippen LogP contribution is 2.42. The van der Waals surface area contributed by atoms with Gasteiger partial charge in [0, 0.05) is 118 Å². The third-order valence-electron chi connectivity index (χ3n) is 24.7. The lowest BCUT2D eigenvalue weighted by atomic mass is 9.78. The zero-order chi connectivity index (χ0) is 96.2.